The van der Waals surface area contributed by atoms with Gasteiger partial charge in [-0.1, -0.05) is 19.3 Å². The van der Waals surface area contributed by atoms with E-state index in [-0.39, 0.29) is 6.04 Å². The Morgan fingerprint density at radius 3 is 2.72 bits per heavy atom. The molecular formula is C13H24N4S. The molecule has 0 spiro atoms. The molecule has 2 rings (SSSR count). The van der Waals surface area contributed by atoms with E-state index in [4.69, 9.17) is 5.73 Å². The van der Waals surface area contributed by atoms with Gasteiger partial charge in [-0.25, -0.2) is 0 Å². The lowest BCUT2D eigenvalue weighted by Gasteiger charge is -2.26. The SMILES string of the molecule is CSCC[C@H](N)c1nnc(C)n1C1CCCCC1. The summed E-state index contributed by atoms with van der Waals surface area (Å²) in [5.41, 5.74) is 6.27. The van der Waals surface area contributed by atoms with Gasteiger partial charge in [0.05, 0.1) is 6.04 Å². The lowest BCUT2D eigenvalue weighted by molar-refractivity contribution is 0.335. The second kappa shape index (κ2) is 6.57. The number of hydrogen-bond acceptors (Lipinski definition) is 4. The normalized spacial score (nSPS) is 19.1. The van der Waals surface area contributed by atoms with Crippen LogP contribution in [0.1, 0.15) is 62.3 Å². The highest BCUT2D eigenvalue weighted by Crippen LogP contribution is 2.31. The Morgan fingerprint density at radius 2 is 2.06 bits per heavy atom. The molecule has 18 heavy (non-hydrogen) atoms. The quantitative estimate of drug-likeness (QED) is 0.892. The number of hydrogen-bond donors (Lipinski definition) is 1. The minimum atomic E-state index is 0.0283. The van der Waals surface area contributed by atoms with Gasteiger partial charge in [0.2, 0.25) is 0 Å². The van der Waals surface area contributed by atoms with Gasteiger partial charge in [-0.15, -0.1) is 10.2 Å². The van der Waals surface area contributed by atoms with E-state index >= 15 is 0 Å². The Labute approximate surface area is 114 Å². The van der Waals surface area contributed by atoms with Crippen LogP contribution in [0, 0.1) is 6.92 Å². The van der Waals surface area contributed by atoms with E-state index in [1.807, 2.05) is 18.7 Å². The Bertz CT molecular complexity index is 371. The van der Waals surface area contributed by atoms with Crippen molar-refractivity contribution < 1.29 is 0 Å². The third kappa shape index (κ3) is 3.06. The van der Waals surface area contributed by atoms with Crippen LogP contribution in [0.5, 0.6) is 0 Å². The van der Waals surface area contributed by atoms with Gasteiger partial charge < -0.3 is 10.3 Å². The van der Waals surface area contributed by atoms with Crippen LogP contribution in [0.2, 0.25) is 0 Å². The van der Waals surface area contributed by atoms with Crippen LogP contribution >= 0.6 is 11.8 Å². The molecule has 1 heterocycles. The van der Waals surface area contributed by atoms with Gasteiger partial charge in [-0.05, 0) is 38.2 Å². The Balaban J connectivity index is 2.15. The van der Waals surface area contributed by atoms with Crippen molar-refractivity contribution in [3.63, 3.8) is 0 Å². The first-order valence-corrected chi connectivity index (χ1v) is 8.29. The number of thioether (sulfide) groups is 1. The third-order valence-corrected chi connectivity index (χ3v) is 4.44. The zero-order chi connectivity index (χ0) is 13.0. The van der Waals surface area contributed by atoms with Gasteiger partial charge in [-0.3, -0.25) is 0 Å². The van der Waals surface area contributed by atoms with Crippen molar-refractivity contribution in [3.8, 4) is 0 Å². The van der Waals surface area contributed by atoms with E-state index in [0.29, 0.717) is 6.04 Å². The molecule has 0 saturated heterocycles. The van der Waals surface area contributed by atoms with Crippen molar-refractivity contribution in [2.45, 2.75) is 57.5 Å². The number of nitrogens with two attached hydrogens (primary N) is 1. The van der Waals surface area contributed by atoms with E-state index in [2.05, 4.69) is 21.0 Å². The molecule has 1 saturated carbocycles. The van der Waals surface area contributed by atoms with Crippen molar-refractivity contribution in [3.05, 3.63) is 11.6 Å². The molecule has 5 heteroatoms. The molecule has 1 aromatic heterocycles. The minimum absolute atomic E-state index is 0.0283. The van der Waals surface area contributed by atoms with E-state index in [0.717, 1.165) is 23.8 Å². The van der Waals surface area contributed by atoms with Crippen LogP contribution in [-0.4, -0.2) is 26.8 Å². The van der Waals surface area contributed by atoms with Gasteiger partial charge in [0, 0.05) is 6.04 Å². The first-order valence-electron chi connectivity index (χ1n) is 6.90. The zero-order valence-corrected chi connectivity index (χ0v) is 12.2. The average molecular weight is 268 g/mol. The predicted octanol–water partition coefficient (Wildman–Crippen LogP) is 2.84. The Hall–Kier alpha value is -0.550. The summed E-state index contributed by atoms with van der Waals surface area (Å²) in [7, 11) is 0. The Kier molecular flexibility index (Phi) is 5.06. The largest absolute Gasteiger partial charge is 0.321 e. The van der Waals surface area contributed by atoms with Crippen molar-refractivity contribution in [1.82, 2.24) is 14.8 Å². The molecule has 1 fully saturated rings. The molecule has 0 aliphatic heterocycles. The maximum Gasteiger partial charge on any atom is 0.150 e. The molecule has 1 aliphatic rings. The minimum Gasteiger partial charge on any atom is -0.321 e. The lowest BCUT2D eigenvalue weighted by atomic mass is 9.95. The molecule has 0 radical (unpaired) electrons. The fourth-order valence-electron chi connectivity index (χ4n) is 2.80. The van der Waals surface area contributed by atoms with Crippen LogP contribution in [0.15, 0.2) is 0 Å². The molecule has 102 valence electrons. The summed E-state index contributed by atoms with van der Waals surface area (Å²) in [6.07, 6.45) is 9.60. The summed E-state index contributed by atoms with van der Waals surface area (Å²) in [4.78, 5) is 0. The van der Waals surface area contributed by atoms with E-state index in [9.17, 15) is 0 Å². The van der Waals surface area contributed by atoms with Gasteiger partial charge in [0.25, 0.3) is 0 Å². The third-order valence-electron chi connectivity index (χ3n) is 3.80. The molecule has 4 nitrogen and oxygen atoms in total. The second-order valence-electron chi connectivity index (χ2n) is 5.16. The number of rotatable bonds is 5. The zero-order valence-electron chi connectivity index (χ0n) is 11.4. The molecule has 0 amide bonds. The molecule has 1 atom stereocenters. The van der Waals surface area contributed by atoms with Gasteiger partial charge in [0.15, 0.2) is 0 Å². The summed E-state index contributed by atoms with van der Waals surface area (Å²) in [6.45, 7) is 2.05. The van der Waals surface area contributed by atoms with Crippen LogP contribution < -0.4 is 5.73 Å². The topological polar surface area (TPSA) is 56.7 Å². The summed E-state index contributed by atoms with van der Waals surface area (Å²) in [6, 6.07) is 0.602. The van der Waals surface area contributed by atoms with E-state index < -0.39 is 0 Å². The highest BCUT2D eigenvalue weighted by Gasteiger charge is 2.23. The maximum atomic E-state index is 6.27. The van der Waals surface area contributed by atoms with Crippen molar-refractivity contribution >= 4 is 11.8 Å². The molecule has 0 unspecified atom stereocenters. The van der Waals surface area contributed by atoms with Crippen LogP contribution in [0.3, 0.4) is 0 Å². The van der Waals surface area contributed by atoms with Crippen LogP contribution in [0.25, 0.3) is 0 Å². The maximum absolute atomic E-state index is 6.27. The van der Waals surface area contributed by atoms with Crippen LogP contribution in [0.4, 0.5) is 0 Å². The van der Waals surface area contributed by atoms with Gasteiger partial charge in [-0.2, -0.15) is 11.8 Å². The van der Waals surface area contributed by atoms with E-state index in [1.165, 1.54) is 32.1 Å². The van der Waals surface area contributed by atoms with Crippen molar-refractivity contribution in [2.75, 3.05) is 12.0 Å². The fourth-order valence-corrected chi connectivity index (χ4v) is 3.29. The molecule has 1 aromatic rings. The summed E-state index contributed by atoms with van der Waals surface area (Å²) in [5.74, 6) is 3.10. The van der Waals surface area contributed by atoms with Gasteiger partial charge >= 0.3 is 0 Å². The summed E-state index contributed by atoms with van der Waals surface area (Å²) >= 11 is 1.84. The van der Waals surface area contributed by atoms with E-state index in [1.54, 1.807) is 0 Å². The molecule has 0 aromatic carbocycles. The molecule has 0 bridgehead atoms. The lowest BCUT2D eigenvalue weighted by Crippen LogP contribution is -2.22. The smallest absolute Gasteiger partial charge is 0.150 e. The van der Waals surface area contributed by atoms with Crippen molar-refractivity contribution in [2.24, 2.45) is 5.73 Å². The standard InChI is InChI=1S/C13H24N4S/c1-10-15-16-13(12(14)8-9-18-2)17(10)11-6-4-3-5-7-11/h11-12H,3-9,14H2,1-2H3/t12-/m0/s1. The first-order chi connectivity index (χ1) is 8.74. The number of aryl methyl sites for hydroxylation is 1. The highest BCUT2D eigenvalue weighted by molar-refractivity contribution is 7.98. The second-order valence-corrected chi connectivity index (χ2v) is 6.14. The summed E-state index contributed by atoms with van der Waals surface area (Å²) in [5, 5.41) is 8.57. The first kappa shape index (κ1) is 13.9. The highest BCUT2D eigenvalue weighted by atomic mass is 32.2. The average Bonchev–Trinajstić information content (AvgIpc) is 2.79. The monoisotopic (exact) mass is 268 g/mol. The van der Waals surface area contributed by atoms with Crippen LogP contribution in [-0.2, 0) is 0 Å². The van der Waals surface area contributed by atoms with Crippen molar-refractivity contribution in [1.29, 1.82) is 0 Å². The molecular weight excluding hydrogens is 244 g/mol. The number of nitrogens with zero attached hydrogens (tertiary/aromatic N) is 3. The summed E-state index contributed by atoms with van der Waals surface area (Å²) < 4.78 is 2.31. The fraction of sp³-hybridized carbons (Fsp3) is 0.846. The predicted molar refractivity (Wildman–Crippen MR) is 76.8 cm³/mol. The van der Waals surface area contributed by atoms with Gasteiger partial charge in [0.1, 0.15) is 11.6 Å². The molecule has 1 aliphatic carbocycles. The number of aromatic nitrogens is 3. The molecule has 2 N–H and O–H groups in total. The Morgan fingerprint density at radius 1 is 1.33 bits per heavy atom.